The van der Waals surface area contributed by atoms with E-state index in [9.17, 15) is 4.79 Å². The highest BCUT2D eigenvalue weighted by molar-refractivity contribution is 6.77. The lowest BCUT2D eigenvalue weighted by atomic mass is 10.1. The summed E-state index contributed by atoms with van der Waals surface area (Å²) in [5, 5.41) is 0. The van der Waals surface area contributed by atoms with Crippen molar-refractivity contribution in [2.45, 2.75) is 103 Å². The van der Waals surface area contributed by atoms with Gasteiger partial charge >= 0.3 is 5.97 Å². The number of esters is 1. The molecule has 4 heteroatoms. The zero-order valence-corrected chi connectivity index (χ0v) is 18.9. The van der Waals surface area contributed by atoms with Crippen LogP contribution in [-0.4, -0.2) is 26.0 Å². The smallest absolute Gasteiger partial charge is 0.309 e. The molecule has 0 spiro atoms. The second-order valence-corrected chi connectivity index (χ2v) is 14.9. The minimum Gasteiger partial charge on any atom is -0.460 e. The molecular weight excluding hydrogens is 328 g/mol. The van der Waals surface area contributed by atoms with Crippen LogP contribution < -0.4 is 0 Å². The van der Waals surface area contributed by atoms with E-state index < -0.39 is 13.9 Å². The molecule has 0 radical (unpaired) electrons. The van der Waals surface area contributed by atoms with Gasteiger partial charge in [0.2, 0.25) is 8.32 Å². The largest absolute Gasteiger partial charge is 0.460 e. The van der Waals surface area contributed by atoms with Crippen LogP contribution in [0.1, 0.15) is 75.2 Å². The molecule has 0 aromatic rings. The lowest BCUT2D eigenvalue weighted by Crippen LogP contribution is -2.50. The van der Waals surface area contributed by atoms with Gasteiger partial charge in [0.1, 0.15) is 5.60 Å². The van der Waals surface area contributed by atoms with Crippen molar-refractivity contribution in [2.75, 3.05) is 0 Å². The van der Waals surface area contributed by atoms with E-state index >= 15 is 0 Å². The van der Waals surface area contributed by atoms with Crippen LogP contribution in [0.4, 0.5) is 0 Å². The molecule has 1 aliphatic rings. The molecular formula is C21H40O3Si. The Morgan fingerprint density at radius 2 is 1.60 bits per heavy atom. The lowest BCUT2D eigenvalue weighted by Gasteiger charge is -2.44. The fraction of sp³-hybridized carbons (Fsp3) is 0.857. The average Bonchev–Trinajstić information content (AvgIpc) is 3.20. The van der Waals surface area contributed by atoms with E-state index in [4.69, 9.17) is 9.16 Å². The summed E-state index contributed by atoms with van der Waals surface area (Å²) in [6.45, 7) is 23.5. The van der Waals surface area contributed by atoms with Gasteiger partial charge in [-0.3, -0.25) is 4.79 Å². The first-order valence-electron chi connectivity index (χ1n) is 9.88. The normalized spacial score (nSPS) is 22.4. The maximum atomic E-state index is 12.4. The summed E-state index contributed by atoms with van der Waals surface area (Å²) >= 11 is 0. The average molecular weight is 369 g/mol. The van der Waals surface area contributed by atoms with E-state index in [1.807, 2.05) is 26.8 Å². The minimum atomic E-state index is -1.96. The van der Waals surface area contributed by atoms with E-state index in [1.54, 1.807) is 0 Å². The lowest BCUT2D eigenvalue weighted by molar-refractivity contribution is -0.157. The molecule has 146 valence electrons. The first kappa shape index (κ1) is 22.4. The van der Waals surface area contributed by atoms with Gasteiger partial charge in [0.25, 0.3) is 0 Å². The molecule has 3 nitrogen and oxygen atoms in total. The Labute approximate surface area is 156 Å². The number of rotatable bonds is 9. The topological polar surface area (TPSA) is 35.5 Å². The maximum Gasteiger partial charge on any atom is 0.309 e. The number of carbonyl (C=O) groups is 1. The van der Waals surface area contributed by atoms with Crippen LogP contribution in [0.25, 0.3) is 0 Å². The van der Waals surface area contributed by atoms with Crippen LogP contribution in [0.5, 0.6) is 0 Å². The summed E-state index contributed by atoms with van der Waals surface area (Å²) in [5.74, 6) is 0.194. The molecule has 1 saturated carbocycles. The highest BCUT2D eigenvalue weighted by Gasteiger charge is 2.54. The van der Waals surface area contributed by atoms with Gasteiger partial charge in [-0.2, -0.15) is 0 Å². The Balaban J connectivity index is 2.94. The van der Waals surface area contributed by atoms with Crippen molar-refractivity contribution < 1.29 is 14.0 Å². The molecule has 0 N–H and O–H groups in total. The van der Waals surface area contributed by atoms with Crippen LogP contribution in [-0.2, 0) is 14.0 Å². The van der Waals surface area contributed by atoms with Crippen LogP contribution >= 0.6 is 0 Å². The number of ether oxygens (including phenoxy) is 1. The molecule has 25 heavy (non-hydrogen) atoms. The van der Waals surface area contributed by atoms with E-state index in [0.29, 0.717) is 16.6 Å². The minimum absolute atomic E-state index is 0.0117. The van der Waals surface area contributed by atoms with Crippen LogP contribution in [0.3, 0.4) is 0 Å². The fourth-order valence-electron chi connectivity index (χ4n) is 4.42. The number of carbonyl (C=O) groups excluding carboxylic acids is 1. The van der Waals surface area contributed by atoms with Crippen LogP contribution in [0.15, 0.2) is 12.7 Å². The SMILES string of the molecule is C=CC[C@H](O[Si](C(C)C)(C(C)C)C(C)C)[C@@H]1C[C@@H]1C(=O)OC(C)(C)C. The first-order chi connectivity index (χ1) is 11.4. The Kier molecular flexibility index (Phi) is 7.52. The van der Waals surface area contributed by atoms with Gasteiger partial charge in [0.15, 0.2) is 0 Å². The van der Waals surface area contributed by atoms with Crippen molar-refractivity contribution in [3.8, 4) is 0 Å². The molecule has 0 aliphatic heterocycles. The third-order valence-corrected chi connectivity index (χ3v) is 11.6. The molecule has 3 atom stereocenters. The summed E-state index contributed by atoms with van der Waals surface area (Å²) in [4.78, 5) is 12.4. The van der Waals surface area contributed by atoms with E-state index in [0.717, 1.165) is 12.8 Å². The molecule has 1 rings (SSSR count). The predicted molar refractivity (Wildman–Crippen MR) is 108 cm³/mol. The van der Waals surface area contributed by atoms with Gasteiger partial charge in [-0.25, -0.2) is 0 Å². The molecule has 0 aromatic carbocycles. The van der Waals surface area contributed by atoms with Crippen LogP contribution in [0, 0.1) is 11.8 Å². The summed E-state index contributed by atoms with van der Waals surface area (Å²) in [6, 6.07) is 0. The van der Waals surface area contributed by atoms with E-state index in [2.05, 4.69) is 48.1 Å². The molecule has 0 bridgehead atoms. The quantitative estimate of drug-likeness (QED) is 0.280. The zero-order valence-electron chi connectivity index (χ0n) is 17.9. The Morgan fingerprint density at radius 3 is 1.96 bits per heavy atom. The third-order valence-electron chi connectivity index (χ3n) is 5.49. The molecule has 1 aliphatic carbocycles. The summed E-state index contributed by atoms with van der Waals surface area (Å²) < 4.78 is 12.5. The van der Waals surface area contributed by atoms with Gasteiger partial charge in [-0.1, -0.05) is 47.6 Å². The zero-order chi connectivity index (χ0) is 19.6. The first-order valence-corrected chi connectivity index (χ1v) is 12.0. The fourth-order valence-corrected chi connectivity index (χ4v) is 10.0. The summed E-state index contributed by atoms with van der Waals surface area (Å²) in [7, 11) is -1.96. The van der Waals surface area contributed by atoms with Gasteiger partial charge in [-0.05, 0) is 56.2 Å². The second kappa shape index (κ2) is 8.39. The van der Waals surface area contributed by atoms with Gasteiger partial charge in [0.05, 0.1) is 12.0 Å². The van der Waals surface area contributed by atoms with Crippen molar-refractivity contribution in [3.05, 3.63) is 12.7 Å². The number of hydrogen-bond acceptors (Lipinski definition) is 3. The summed E-state index contributed by atoms with van der Waals surface area (Å²) in [6.07, 6.45) is 3.72. The maximum absolute atomic E-state index is 12.4. The van der Waals surface area contributed by atoms with Gasteiger partial charge in [0, 0.05) is 0 Å². The molecule has 0 amide bonds. The molecule has 0 heterocycles. The van der Waals surface area contributed by atoms with E-state index in [1.165, 1.54) is 0 Å². The van der Waals surface area contributed by atoms with Crippen LogP contribution in [0.2, 0.25) is 16.6 Å². The van der Waals surface area contributed by atoms with Crippen molar-refractivity contribution in [2.24, 2.45) is 11.8 Å². The standard InChI is InChI=1S/C21H40O3Si/c1-11-12-19(17-13-18(17)20(22)23-21(8,9)10)24-25(14(2)3,15(4)5)16(6)7/h11,14-19H,1,12-13H2,2-10H3/t17-,18+,19+/m1/s1. The number of hydrogen-bond donors (Lipinski definition) is 0. The Hall–Kier alpha value is -0.613. The third kappa shape index (κ3) is 5.43. The van der Waals surface area contributed by atoms with Crippen molar-refractivity contribution in [1.82, 2.24) is 0 Å². The molecule has 0 saturated heterocycles. The highest BCUT2D eigenvalue weighted by Crippen LogP contribution is 2.50. The Bertz CT molecular complexity index is 440. The monoisotopic (exact) mass is 368 g/mol. The van der Waals surface area contributed by atoms with Crippen molar-refractivity contribution in [1.29, 1.82) is 0 Å². The molecule has 1 fully saturated rings. The predicted octanol–water partition coefficient (Wildman–Crippen LogP) is 6.10. The molecule has 0 unspecified atom stereocenters. The van der Waals surface area contributed by atoms with Gasteiger partial charge in [-0.15, -0.1) is 6.58 Å². The second-order valence-electron chi connectivity index (χ2n) is 9.54. The van der Waals surface area contributed by atoms with Crippen molar-refractivity contribution >= 4 is 14.3 Å². The molecule has 0 aromatic heterocycles. The van der Waals surface area contributed by atoms with Crippen molar-refractivity contribution in [3.63, 3.8) is 0 Å². The Morgan fingerprint density at radius 1 is 1.12 bits per heavy atom. The highest BCUT2D eigenvalue weighted by atomic mass is 28.4. The van der Waals surface area contributed by atoms with Gasteiger partial charge < -0.3 is 9.16 Å². The van der Waals surface area contributed by atoms with E-state index in [-0.39, 0.29) is 23.9 Å². The summed E-state index contributed by atoms with van der Waals surface area (Å²) in [5.41, 5.74) is 1.20.